The minimum absolute atomic E-state index is 0.00947. The van der Waals surface area contributed by atoms with Gasteiger partial charge in [0.05, 0.1) is 12.5 Å². The van der Waals surface area contributed by atoms with Gasteiger partial charge < -0.3 is 10.1 Å². The number of fused-ring (bicyclic) bond motifs is 1. The van der Waals surface area contributed by atoms with Gasteiger partial charge in [-0.25, -0.2) is 0 Å². The maximum Gasteiger partial charge on any atom is 0.224 e. The van der Waals surface area contributed by atoms with Crippen LogP contribution in [0.1, 0.15) is 37.4 Å². The summed E-state index contributed by atoms with van der Waals surface area (Å²) < 4.78 is 6.00. The second kappa shape index (κ2) is 6.25. The molecule has 2 aromatic rings. The van der Waals surface area contributed by atoms with Crippen molar-refractivity contribution in [3.05, 3.63) is 64.7 Å². The Hall–Kier alpha value is -2.00. The zero-order valence-corrected chi connectivity index (χ0v) is 14.1. The molecule has 0 unspecified atom stereocenters. The minimum atomic E-state index is -0.303. The van der Waals surface area contributed by atoms with Crippen LogP contribution in [0, 0.1) is 0 Å². The van der Waals surface area contributed by atoms with E-state index in [1.165, 1.54) is 0 Å². The molecule has 0 radical (unpaired) electrons. The van der Waals surface area contributed by atoms with Crippen LogP contribution in [0.25, 0.3) is 0 Å². The summed E-state index contributed by atoms with van der Waals surface area (Å²) in [7, 11) is 0. The molecular formula is C19H20ClNO2. The topological polar surface area (TPSA) is 38.3 Å². The van der Waals surface area contributed by atoms with E-state index in [1.807, 2.05) is 56.3 Å². The van der Waals surface area contributed by atoms with Gasteiger partial charge in [0.2, 0.25) is 5.91 Å². The highest BCUT2D eigenvalue weighted by Crippen LogP contribution is 2.39. The van der Waals surface area contributed by atoms with Crippen LogP contribution in [0.3, 0.4) is 0 Å². The SMILES string of the molecule is CC1(C)C[C@H](NC(=O)Cc2cccc(Cl)c2)c2ccccc2O1. The summed E-state index contributed by atoms with van der Waals surface area (Å²) in [4.78, 5) is 12.4. The fraction of sp³-hybridized carbons (Fsp3) is 0.316. The number of carbonyl (C=O) groups excluding carboxylic acids is 1. The van der Waals surface area contributed by atoms with E-state index in [1.54, 1.807) is 6.07 Å². The van der Waals surface area contributed by atoms with Gasteiger partial charge in [0.15, 0.2) is 0 Å². The van der Waals surface area contributed by atoms with Crippen molar-refractivity contribution in [2.45, 2.75) is 38.3 Å². The molecule has 1 atom stereocenters. The molecule has 1 heterocycles. The summed E-state index contributed by atoms with van der Waals surface area (Å²) in [5.74, 6) is 0.835. The summed E-state index contributed by atoms with van der Waals surface area (Å²) in [5.41, 5.74) is 1.64. The third kappa shape index (κ3) is 3.85. The first-order valence-corrected chi connectivity index (χ1v) is 8.12. The summed E-state index contributed by atoms with van der Waals surface area (Å²) in [6.45, 7) is 4.08. The van der Waals surface area contributed by atoms with Crippen LogP contribution >= 0.6 is 11.6 Å². The van der Waals surface area contributed by atoms with Crippen molar-refractivity contribution in [1.29, 1.82) is 0 Å². The third-order valence-corrected chi connectivity index (χ3v) is 4.20. The number of amides is 1. The van der Waals surface area contributed by atoms with E-state index >= 15 is 0 Å². The first-order valence-electron chi connectivity index (χ1n) is 7.75. The first kappa shape index (κ1) is 15.9. The standard InChI is InChI=1S/C19H20ClNO2/c1-19(2)12-16(15-8-3-4-9-17(15)23-19)21-18(22)11-13-6-5-7-14(20)10-13/h3-10,16H,11-12H2,1-2H3,(H,21,22)/t16-/m0/s1. The Morgan fingerprint density at radius 2 is 2.04 bits per heavy atom. The molecular weight excluding hydrogens is 310 g/mol. The number of halogens is 1. The van der Waals surface area contributed by atoms with Gasteiger partial charge in [0.1, 0.15) is 11.4 Å². The van der Waals surface area contributed by atoms with Gasteiger partial charge in [-0.1, -0.05) is 41.9 Å². The van der Waals surface area contributed by atoms with Gasteiger partial charge >= 0.3 is 0 Å². The van der Waals surface area contributed by atoms with Crippen molar-refractivity contribution >= 4 is 17.5 Å². The number of hydrogen-bond donors (Lipinski definition) is 1. The van der Waals surface area contributed by atoms with Crippen molar-refractivity contribution in [3.8, 4) is 5.75 Å². The molecule has 0 saturated carbocycles. The molecule has 3 rings (SSSR count). The molecule has 23 heavy (non-hydrogen) atoms. The van der Waals surface area contributed by atoms with Gasteiger partial charge in [-0.2, -0.15) is 0 Å². The number of ether oxygens (including phenoxy) is 1. The molecule has 4 heteroatoms. The summed E-state index contributed by atoms with van der Waals surface area (Å²) in [6.07, 6.45) is 1.06. The highest BCUT2D eigenvalue weighted by molar-refractivity contribution is 6.30. The van der Waals surface area contributed by atoms with E-state index in [9.17, 15) is 4.79 Å². The average Bonchev–Trinajstić information content (AvgIpc) is 2.46. The predicted octanol–water partition coefficient (Wildman–Crippen LogP) is 4.30. The lowest BCUT2D eigenvalue weighted by atomic mass is 9.89. The van der Waals surface area contributed by atoms with Crippen molar-refractivity contribution < 1.29 is 9.53 Å². The van der Waals surface area contributed by atoms with Crippen LogP contribution in [0.15, 0.2) is 48.5 Å². The molecule has 0 spiro atoms. The Labute approximate surface area is 141 Å². The monoisotopic (exact) mass is 329 g/mol. The molecule has 0 saturated heterocycles. The van der Waals surface area contributed by atoms with Gasteiger partial charge in [-0.05, 0) is 37.6 Å². The van der Waals surface area contributed by atoms with Crippen LogP contribution in [0.5, 0.6) is 5.75 Å². The van der Waals surface area contributed by atoms with Crippen LogP contribution < -0.4 is 10.1 Å². The Balaban J connectivity index is 1.75. The van der Waals surface area contributed by atoms with Crippen LogP contribution in [0.2, 0.25) is 5.02 Å². The molecule has 1 N–H and O–H groups in total. The van der Waals surface area contributed by atoms with Crippen molar-refractivity contribution in [2.75, 3.05) is 0 Å². The van der Waals surface area contributed by atoms with E-state index in [2.05, 4.69) is 5.32 Å². The fourth-order valence-corrected chi connectivity index (χ4v) is 3.22. The van der Waals surface area contributed by atoms with Crippen LogP contribution in [0.4, 0.5) is 0 Å². The minimum Gasteiger partial charge on any atom is -0.487 e. The van der Waals surface area contributed by atoms with Crippen LogP contribution in [-0.2, 0) is 11.2 Å². The highest BCUT2D eigenvalue weighted by Gasteiger charge is 2.34. The molecule has 0 fully saturated rings. The summed E-state index contributed by atoms with van der Waals surface area (Å²) in [5, 5.41) is 3.78. The smallest absolute Gasteiger partial charge is 0.224 e. The normalized spacial score (nSPS) is 18.7. The third-order valence-electron chi connectivity index (χ3n) is 3.97. The molecule has 1 amide bonds. The number of rotatable bonds is 3. The number of nitrogens with one attached hydrogen (secondary N) is 1. The fourth-order valence-electron chi connectivity index (χ4n) is 3.01. The van der Waals surface area contributed by atoms with E-state index in [-0.39, 0.29) is 17.6 Å². The second-order valence-corrected chi connectivity index (χ2v) is 6.97. The quantitative estimate of drug-likeness (QED) is 0.911. The Morgan fingerprint density at radius 1 is 1.26 bits per heavy atom. The van der Waals surface area contributed by atoms with E-state index in [4.69, 9.17) is 16.3 Å². The number of para-hydroxylation sites is 1. The largest absolute Gasteiger partial charge is 0.487 e. The zero-order chi connectivity index (χ0) is 16.4. The van der Waals surface area contributed by atoms with E-state index in [0.29, 0.717) is 11.4 Å². The van der Waals surface area contributed by atoms with E-state index in [0.717, 1.165) is 23.3 Å². The van der Waals surface area contributed by atoms with Crippen molar-refractivity contribution in [2.24, 2.45) is 0 Å². The van der Waals surface area contributed by atoms with Crippen LogP contribution in [-0.4, -0.2) is 11.5 Å². The maximum absolute atomic E-state index is 12.4. The van der Waals surface area contributed by atoms with Crippen molar-refractivity contribution in [1.82, 2.24) is 5.32 Å². The summed E-state index contributed by atoms with van der Waals surface area (Å²) >= 11 is 5.98. The molecule has 0 aliphatic carbocycles. The lowest BCUT2D eigenvalue weighted by Crippen LogP contribution is -2.41. The average molecular weight is 330 g/mol. The summed E-state index contributed by atoms with van der Waals surface area (Å²) in [6, 6.07) is 15.2. The predicted molar refractivity (Wildman–Crippen MR) is 91.8 cm³/mol. The van der Waals surface area contributed by atoms with Gasteiger partial charge in [0, 0.05) is 17.0 Å². The molecule has 1 aliphatic heterocycles. The zero-order valence-electron chi connectivity index (χ0n) is 13.3. The molecule has 0 aromatic heterocycles. The second-order valence-electron chi connectivity index (χ2n) is 6.53. The lowest BCUT2D eigenvalue weighted by Gasteiger charge is -2.37. The maximum atomic E-state index is 12.4. The van der Waals surface area contributed by atoms with Gasteiger partial charge in [-0.3, -0.25) is 4.79 Å². The van der Waals surface area contributed by atoms with E-state index < -0.39 is 0 Å². The number of carbonyl (C=O) groups is 1. The highest BCUT2D eigenvalue weighted by atomic mass is 35.5. The molecule has 2 aromatic carbocycles. The molecule has 3 nitrogen and oxygen atoms in total. The molecule has 1 aliphatic rings. The number of hydrogen-bond acceptors (Lipinski definition) is 2. The molecule has 120 valence electrons. The Kier molecular flexibility index (Phi) is 4.31. The number of benzene rings is 2. The van der Waals surface area contributed by atoms with Gasteiger partial charge in [0.25, 0.3) is 0 Å². The lowest BCUT2D eigenvalue weighted by molar-refractivity contribution is -0.121. The Bertz CT molecular complexity index is 727. The first-order chi connectivity index (χ1) is 10.9. The molecule has 0 bridgehead atoms. The van der Waals surface area contributed by atoms with Gasteiger partial charge in [-0.15, -0.1) is 0 Å². The Morgan fingerprint density at radius 3 is 2.83 bits per heavy atom. The van der Waals surface area contributed by atoms with Crippen molar-refractivity contribution in [3.63, 3.8) is 0 Å².